The van der Waals surface area contributed by atoms with Gasteiger partial charge >= 0.3 is 0 Å². The predicted octanol–water partition coefficient (Wildman–Crippen LogP) is 3.35. The van der Waals surface area contributed by atoms with E-state index in [1.807, 2.05) is 0 Å². The number of aromatic amines is 1. The number of aliphatic imine (C=N–C) groups is 1. The molecular weight excluding hydrogens is 330 g/mol. The first-order valence-electron chi connectivity index (χ1n) is 7.55. The van der Waals surface area contributed by atoms with Gasteiger partial charge in [0.2, 0.25) is 0 Å². The summed E-state index contributed by atoms with van der Waals surface area (Å²) < 4.78 is 0.997. The van der Waals surface area contributed by atoms with Crippen LogP contribution in [-0.4, -0.2) is 29.0 Å². The van der Waals surface area contributed by atoms with Gasteiger partial charge in [-0.2, -0.15) is 0 Å². The molecule has 3 N–H and O–H groups in total. The Balaban J connectivity index is 1.68. The van der Waals surface area contributed by atoms with Crippen molar-refractivity contribution in [3.05, 3.63) is 22.4 Å². The number of guanidine groups is 1. The first kappa shape index (κ1) is 13.1. The van der Waals surface area contributed by atoms with E-state index in [2.05, 4.69) is 48.7 Å². The molecule has 4 rings (SSSR count). The van der Waals surface area contributed by atoms with Crippen molar-refractivity contribution >= 4 is 38.6 Å². The molecule has 21 heavy (non-hydrogen) atoms. The van der Waals surface area contributed by atoms with Gasteiger partial charge in [-0.3, -0.25) is 4.99 Å². The highest BCUT2D eigenvalue weighted by Gasteiger charge is 2.21. The second-order valence-corrected chi connectivity index (χ2v) is 6.50. The molecule has 110 valence electrons. The maximum Gasteiger partial charge on any atom is 0.195 e. The van der Waals surface area contributed by atoms with Gasteiger partial charge in [-0.25, -0.2) is 4.98 Å². The molecule has 6 heteroatoms. The Labute approximate surface area is 131 Å². The number of anilines is 1. The molecule has 1 saturated carbocycles. The zero-order valence-corrected chi connectivity index (χ0v) is 13.3. The topological polar surface area (TPSA) is 65.1 Å². The van der Waals surface area contributed by atoms with Crippen molar-refractivity contribution in [2.75, 3.05) is 18.4 Å². The average molecular weight is 348 g/mol. The largest absolute Gasteiger partial charge is 0.354 e. The van der Waals surface area contributed by atoms with Crippen LogP contribution in [0.1, 0.15) is 37.4 Å². The number of aromatic nitrogens is 2. The summed E-state index contributed by atoms with van der Waals surface area (Å²) in [6, 6.07) is 4.15. The minimum atomic E-state index is 0.599. The third-order valence-electron chi connectivity index (χ3n) is 4.28. The van der Waals surface area contributed by atoms with Crippen molar-refractivity contribution in [3.8, 4) is 0 Å². The SMILES string of the molecule is Brc1c(NC2=NCCN2)ccc2[nH]c(C3CCCC3)nc12. The summed E-state index contributed by atoms with van der Waals surface area (Å²) in [5.74, 6) is 2.57. The molecule has 0 spiro atoms. The fraction of sp³-hybridized carbons (Fsp3) is 0.467. The molecule has 0 radical (unpaired) electrons. The molecule has 1 aromatic heterocycles. The van der Waals surface area contributed by atoms with Crippen LogP contribution in [0.25, 0.3) is 11.0 Å². The van der Waals surface area contributed by atoms with Crippen LogP contribution >= 0.6 is 15.9 Å². The van der Waals surface area contributed by atoms with Gasteiger partial charge in [0.05, 0.1) is 22.2 Å². The third-order valence-corrected chi connectivity index (χ3v) is 5.08. The highest BCUT2D eigenvalue weighted by Crippen LogP contribution is 2.36. The first-order chi connectivity index (χ1) is 10.3. The lowest BCUT2D eigenvalue weighted by Gasteiger charge is -2.08. The summed E-state index contributed by atoms with van der Waals surface area (Å²) in [6.07, 6.45) is 5.15. The lowest BCUT2D eigenvalue weighted by Crippen LogP contribution is -2.26. The molecule has 0 unspecified atom stereocenters. The molecule has 0 bridgehead atoms. The molecule has 2 aliphatic rings. The van der Waals surface area contributed by atoms with Crippen LogP contribution in [0, 0.1) is 0 Å². The van der Waals surface area contributed by atoms with E-state index in [9.17, 15) is 0 Å². The van der Waals surface area contributed by atoms with Crippen LogP contribution in [0.2, 0.25) is 0 Å². The van der Waals surface area contributed by atoms with E-state index < -0.39 is 0 Å². The molecule has 0 amide bonds. The van der Waals surface area contributed by atoms with E-state index in [0.717, 1.165) is 46.1 Å². The van der Waals surface area contributed by atoms with Gasteiger partial charge in [-0.1, -0.05) is 12.8 Å². The molecule has 1 fully saturated rings. The van der Waals surface area contributed by atoms with Gasteiger partial charge < -0.3 is 15.6 Å². The molecule has 2 aromatic rings. The Morgan fingerprint density at radius 1 is 1.24 bits per heavy atom. The number of fused-ring (bicyclic) bond motifs is 1. The number of H-pyrrole nitrogens is 1. The van der Waals surface area contributed by atoms with Crippen LogP contribution in [0.5, 0.6) is 0 Å². The average Bonchev–Trinajstić information content (AvgIpc) is 3.21. The number of nitrogens with zero attached hydrogens (tertiary/aromatic N) is 2. The van der Waals surface area contributed by atoms with Crippen LogP contribution < -0.4 is 10.6 Å². The summed E-state index contributed by atoms with van der Waals surface area (Å²) in [7, 11) is 0. The molecule has 1 aliphatic carbocycles. The smallest absolute Gasteiger partial charge is 0.195 e. The molecule has 2 heterocycles. The van der Waals surface area contributed by atoms with Gasteiger partial charge in [0.15, 0.2) is 5.96 Å². The Bertz CT molecular complexity index is 699. The summed E-state index contributed by atoms with van der Waals surface area (Å²) in [5, 5.41) is 6.54. The van der Waals surface area contributed by atoms with Crippen LogP contribution in [0.15, 0.2) is 21.6 Å². The Morgan fingerprint density at radius 3 is 2.86 bits per heavy atom. The van der Waals surface area contributed by atoms with Gasteiger partial charge in [-0.05, 0) is 40.9 Å². The van der Waals surface area contributed by atoms with Crippen LogP contribution in [0.3, 0.4) is 0 Å². The zero-order chi connectivity index (χ0) is 14.2. The molecule has 0 atom stereocenters. The van der Waals surface area contributed by atoms with Crippen LogP contribution in [0.4, 0.5) is 5.69 Å². The second kappa shape index (κ2) is 5.33. The quantitative estimate of drug-likeness (QED) is 0.780. The number of rotatable bonds is 2. The van der Waals surface area contributed by atoms with Crippen LogP contribution in [-0.2, 0) is 0 Å². The monoisotopic (exact) mass is 347 g/mol. The molecular formula is C15H18BrN5. The fourth-order valence-electron chi connectivity index (χ4n) is 3.16. The molecule has 5 nitrogen and oxygen atoms in total. The lowest BCUT2D eigenvalue weighted by atomic mass is 10.1. The minimum Gasteiger partial charge on any atom is -0.354 e. The maximum absolute atomic E-state index is 4.83. The van der Waals surface area contributed by atoms with Crippen molar-refractivity contribution in [1.82, 2.24) is 15.3 Å². The van der Waals surface area contributed by atoms with Gasteiger partial charge in [-0.15, -0.1) is 0 Å². The normalized spacial score (nSPS) is 19.0. The van der Waals surface area contributed by atoms with Crippen molar-refractivity contribution < 1.29 is 0 Å². The van der Waals surface area contributed by atoms with E-state index in [0.29, 0.717) is 5.92 Å². The number of benzene rings is 1. The molecule has 1 aliphatic heterocycles. The van der Waals surface area contributed by atoms with Crippen molar-refractivity contribution in [2.24, 2.45) is 4.99 Å². The fourth-order valence-corrected chi connectivity index (χ4v) is 3.69. The number of imidazole rings is 1. The van der Waals surface area contributed by atoms with E-state index in [1.165, 1.54) is 25.7 Å². The number of halogens is 1. The van der Waals surface area contributed by atoms with E-state index in [1.54, 1.807) is 0 Å². The van der Waals surface area contributed by atoms with Gasteiger partial charge in [0.25, 0.3) is 0 Å². The van der Waals surface area contributed by atoms with Gasteiger partial charge in [0, 0.05) is 12.5 Å². The Morgan fingerprint density at radius 2 is 2.10 bits per heavy atom. The van der Waals surface area contributed by atoms with E-state index in [4.69, 9.17) is 4.98 Å². The second-order valence-electron chi connectivity index (χ2n) is 5.71. The lowest BCUT2D eigenvalue weighted by molar-refractivity contribution is 0.681. The standard InChI is InChI=1S/C15H18BrN5/c16-12-10(20-15-17-7-8-18-15)5-6-11-13(12)21-14(19-11)9-3-1-2-4-9/h5-6,9H,1-4,7-8H2,(H,19,21)(H2,17,18,20). The van der Waals surface area contributed by atoms with Crippen molar-refractivity contribution in [3.63, 3.8) is 0 Å². The summed E-state index contributed by atoms with van der Waals surface area (Å²) in [5.41, 5.74) is 3.09. The first-order valence-corrected chi connectivity index (χ1v) is 8.34. The zero-order valence-electron chi connectivity index (χ0n) is 11.7. The third kappa shape index (κ3) is 2.41. The number of nitrogens with one attached hydrogen (secondary N) is 3. The van der Waals surface area contributed by atoms with Gasteiger partial charge in [0.1, 0.15) is 11.3 Å². The summed E-state index contributed by atoms with van der Waals surface area (Å²) in [4.78, 5) is 12.7. The van der Waals surface area contributed by atoms with E-state index in [-0.39, 0.29) is 0 Å². The summed E-state index contributed by atoms with van der Waals surface area (Å²) >= 11 is 3.68. The Hall–Kier alpha value is -1.56. The minimum absolute atomic E-state index is 0.599. The highest BCUT2D eigenvalue weighted by molar-refractivity contribution is 9.10. The summed E-state index contributed by atoms with van der Waals surface area (Å²) in [6.45, 7) is 1.73. The molecule has 1 aromatic carbocycles. The molecule has 0 saturated heterocycles. The highest BCUT2D eigenvalue weighted by atomic mass is 79.9. The number of hydrogen-bond acceptors (Lipinski definition) is 4. The van der Waals surface area contributed by atoms with Crippen molar-refractivity contribution in [1.29, 1.82) is 0 Å². The van der Waals surface area contributed by atoms with E-state index >= 15 is 0 Å². The number of hydrogen-bond donors (Lipinski definition) is 3. The maximum atomic E-state index is 4.83. The van der Waals surface area contributed by atoms with Crippen molar-refractivity contribution in [2.45, 2.75) is 31.6 Å². The Kier molecular flexibility index (Phi) is 3.33. The predicted molar refractivity (Wildman–Crippen MR) is 88.9 cm³/mol.